The fraction of sp³-hybridized carbons (Fsp3) is 0.467. The van der Waals surface area contributed by atoms with Crippen molar-refractivity contribution >= 4 is 27.8 Å². The van der Waals surface area contributed by atoms with Gasteiger partial charge in [0.15, 0.2) is 0 Å². The number of H-pyrrole nitrogens is 1. The van der Waals surface area contributed by atoms with E-state index in [2.05, 4.69) is 45.0 Å². The molecule has 0 unspecified atom stereocenters. The van der Waals surface area contributed by atoms with Crippen LogP contribution in [0.15, 0.2) is 48.9 Å². The highest BCUT2D eigenvalue weighted by molar-refractivity contribution is 5.96. The number of halogens is 1. The summed E-state index contributed by atoms with van der Waals surface area (Å²) in [4.78, 5) is 22.3. The Morgan fingerprint density at radius 1 is 1.10 bits per heavy atom. The minimum atomic E-state index is -0.353. The number of ether oxygens (including phenoxy) is 3. The molecule has 0 radical (unpaired) electrons. The van der Waals surface area contributed by atoms with Crippen LogP contribution in [0, 0.1) is 5.82 Å². The number of rotatable bonds is 13. The molecule has 3 aromatic heterocycles. The van der Waals surface area contributed by atoms with Crippen LogP contribution in [0.5, 0.6) is 0 Å². The van der Waals surface area contributed by atoms with Crippen LogP contribution in [0.1, 0.15) is 38.6 Å². The first kappa shape index (κ1) is 27.3. The van der Waals surface area contributed by atoms with Gasteiger partial charge in [-0.25, -0.2) is 9.37 Å². The number of carbonyl (C=O) groups excluding carboxylic acids is 1. The molecule has 0 bridgehead atoms. The van der Waals surface area contributed by atoms with Crippen molar-refractivity contribution in [2.45, 2.75) is 38.6 Å². The first-order valence-corrected chi connectivity index (χ1v) is 13.9. The highest BCUT2D eigenvalue weighted by Crippen LogP contribution is 2.33. The lowest BCUT2D eigenvalue weighted by Crippen LogP contribution is -2.40. The summed E-state index contributed by atoms with van der Waals surface area (Å²) in [6.45, 7) is 6.94. The molecule has 0 saturated carbocycles. The fourth-order valence-corrected chi connectivity index (χ4v) is 5.33. The molecule has 8 nitrogen and oxygen atoms in total. The fourth-order valence-electron chi connectivity index (χ4n) is 5.33. The normalized spacial score (nSPS) is 15.9. The van der Waals surface area contributed by atoms with Crippen LogP contribution >= 0.6 is 0 Å². The highest BCUT2D eigenvalue weighted by Gasteiger charge is 2.25. The van der Waals surface area contributed by atoms with Gasteiger partial charge in [0.25, 0.3) is 0 Å². The molecule has 1 saturated heterocycles. The number of fused-ring (bicyclic) bond motifs is 2. The SMILES string of the molecule is CCOCCOCCOCCCC(=O)N1CCC[C@H](n2ccc3ccc(-c4c[nH]c5ncc(F)cc45)cc32)C1. The quantitative estimate of drug-likeness (QED) is 0.233. The second-order valence-electron chi connectivity index (χ2n) is 9.91. The van der Waals surface area contributed by atoms with Gasteiger partial charge in [0.1, 0.15) is 11.5 Å². The number of hydrogen-bond acceptors (Lipinski definition) is 5. The maximum atomic E-state index is 13.9. The summed E-state index contributed by atoms with van der Waals surface area (Å²) in [6, 6.07) is 10.2. The molecule has 1 aliphatic rings. The third-order valence-corrected chi connectivity index (χ3v) is 7.30. The van der Waals surface area contributed by atoms with Gasteiger partial charge in [-0.2, -0.15) is 0 Å². The average molecular weight is 537 g/mol. The molecule has 5 rings (SSSR count). The topological polar surface area (TPSA) is 81.6 Å². The van der Waals surface area contributed by atoms with Gasteiger partial charge in [-0.1, -0.05) is 12.1 Å². The molecule has 4 aromatic rings. The van der Waals surface area contributed by atoms with E-state index in [-0.39, 0.29) is 17.8 Å². The Hall–Kier alpha value is -3.27. The maximum absolute atomic E-state index is 13.9. The number of likely N-dealkylation sites (tertiary alicyclic amines) is 1. The average Bonchev–Trinajstić information content (AvgIpc) is 3.57. The van der Waals surface area contributed by atoms with Gasteiger partial charge >= 0.3 is 0 Å². The van der Waals surface area contributed by atoms with Gasteiger partial charge in [-0.3, -0.25) is 4.79 Å². The summed E-state index contributed by atoms with van der Waals surface area (Å²) in [5.74, 6) is -0.171. The summed E-state index contributed by atoms with van der Waals surface area (Å²) in [5.41, 5.74) is 3.71. The lowest BCUT2D eigenvalue weighted by Gasteiger charge is -2.34. The summed E-state index contributed by atoms with van der Waals surface area (Å²) < 4.78 is 32.5. The molecule has 1 fully saturated rings. The van der Waals surface area contributed by atoms with Crippen LogP contribution < -0.4 is 0 Å². The van der Waals surface area contributed by atoms with Crippen molar-refractivity contribution < 1.29 is 23.4 Å². The van der Waals surface area contributed by atoms with Gasteiger partial charge in [0.2, 0.25) is 5.91 Å². The summed E-state index contributed by atoms with van der Waals surface area (Å²) in [6.07, 6.45) is 8.40. The lowest BCUT2D eigenvalue weighted by atomic mass is 10.0. The molecule has 0 spiro atoms. The summed E-state index contributed by atoms with van der Waals surface area (Å²) in [5, 5.41) is 1.91. The number of benzene rings is 1. The Morgan fingerprint density at radius 3 is 2.77 bits per heavy atom. The van der Waals surface area contributed by atoms with Crippen LogP contribution in [-0.2, 0) is 19.0 Å². The first-order valence-electron chi connectivity index (χ1n) is 13.9. The number of aromatic amines is 1. The number of carbonyl (C=O) groups is 1. The number of pyridine rings is 1. The second kappa shape index (κ2) is 13.2. The van der Waals surface area contributed by atoms with Gasteiger partial charge in [0, 0.05) is 61.6 Å². The van der Waals surface area contributed by atoms with E-state index in [1.54, 1.807) is 0 Å². The van der Waals surface area contributed by atoms with Crippen LogP contribution in [0.2, 0.25) is 0 Å². The van der Waals surface area contributed by atoms with E-state index in [0.717, 1.165) is 46.8 Å². The second-order valence-corrected chi connectivity index (χ2v) is 9.91. The molecular weight excluding hydrogens is 499 g/mol. The van der Waals surface area contributed by atoms with Gasteiger partial charge in [-0.15, -0.1) is 0 Å². The number of nitrogens with zero attached hydrogens (tertiary/aromatic N) is 3. The zero-order chi connectivity index (χ0) is 27.0. The molecule has 1 amide bonds. The van der Waals surface area contributed by atoms with Crippen molar-refractivity contribution in [2.75, 3.05) is 52.7 Å². The first-order chi connectivity index (χ1) is 19.1. The minimum absolute atomic E-state index is 0.182. The molecule has 1 aliphatic heterocycles. The van der Waals surface area contributed by atoms with E-state index in [1.807, 2.05) is 18.0 Å². The molecule has 39 heavy (non-hydrogen) atoms. The van der Waals surface area contributed by atoms with Gasteiger partial charge in [0.05, 0.1) is 38.7 Å². The van der Waals surface area contributed by atoms with Crippen molar-refractivity contribution in [3.63, 3.8) is 0 Å². The Kier molecular flexibility index (Phi) is 9.23. The Bertz CT molecular complexity index is 1380. The predicted octanol–water partition coefficient (Wildman–Crippen LogP) is 5.34. The molecule has 4 heterocycles. The van der Waals surface area contributed by atoms with E-state index < -0.39 is 0 Å². The van der Waals surface area contributed by atoms with Crippen molar-refractivity contribution in [3.05, 3.63) is 54.7 Å². The van der Waals surface area contributed by atoms with E-state index in [0.29, 0.717) is 64.7 Å². The Morgan fingerprint density at radius 2 is 1.92 bits per heavy atom. The lowest BCUT2D eigenvalue weighted by molar-refractivity contribution is -0.133. The van der Waals surface area contributed by atoms with Gasteiger partial charge in [-0.05, 0) is 55.3 Å². The van der Waals surface area contributed by atoms with Gasteiger partial charge < -0.3 is 28.7 Å². The number of piperidine rings is 1. The van der Waals surface area contributed by atoms with Crippen LogP contribution in [-0.4, -0.2) is 78.1 Å². The number of nitrogens with one attached hydrogen (secondary N) is 1. The molecule has 1 aromatic carbocycles. The van der Waals surface area contributed by atoms with E-state index in [4.69, 9.17) is 14.2 Å². The van der Waals surface area contributed by atoms with Crippen LogP contribution in [0.3, 0.4) is 0 Å². The predicted molar refractivity (Wildman–Crippen MR) is 149 cm³/mol. The third kappa shape index (κ3) is 6.66. The summed E-state index contributed by atoms with van der Waals surface area (Å²) in [7, 11) is 0. The molecular formula is C30H37FN4O4. The van der Waals surface area contributed by atoms with E-state index in [9.17, 15) is 9.18 Å². The maximum Gasteiger partial charge on any atom is 0.222 e. The molecule has 0 aliphatic carbocycles. The van der Waals surface area contributed by atoms with Crippen molar-refractivity contribution in [2.24, 2.45) is 0 Å². The molecule has 1 N–H and O–H groups in total. The van der Waals surface area contributed by atoms with Crippen LogP contribution in [0.4, 0.5) is 4.39 Å². The number of aromatic nitrogens is 3. The monoisotopic (exact) mass is 536 g/mol. The number of hydrogen-bond donors (Lipinski definition) is 1. The van der Waals surface area contributed by atoms with E-state index in [1.165, 1.54) is 12.3 Å². The van der Waals surface area contributed by atoms with Crippen molar-refractivity contribution in [1.82, 2.24) is 19.4 Å². The third-order valence-electron chi connectivity index (χ3n) is 7.30. The van der Waals surface area contributed by atoms with E-state index >= 15 is 0 Å². The van der Waals surface area contributed by atoms with Crippen molar-refractivity contribution in [3.8, 4) is 11.1 Å². The zero-order valence-corrected chi connectivity index (χ0v) is 22.5. The van der Waals surface area contributed by atoms with Crippen molar-refractivity contribution in [1.29, 1.82) is 0 Å². The Balaban J connectivity index is 1.17. The largest absolute Gasteiger partial charge is 0.379 e. The number of amides is 1. The standard InChI is InChI=1S/C30H37FN4O4/c1-2-37-13-14-39-16-15-38-12-4-6-29(36)34-10-3-5-25(21-34)35-11-9-22-7-8-23(17-28(22)35)27-20-33-30-26(27)18-24(31)19-32-30/h7-9,11,17-20,25H,2-6,10,12-16,21H2,1H3,(H,32,33)/t25-/m0/s1. The molecule has 1 atom stereocenters. The van der Waals surface area contributed by atoms with Crippen LogP contribution in [0.25, 0.3) is 33.1 Å². The smallest absolute Gasteiger partial charge is 0.222 e. The highest BCUT2D eigenvalue weighted by atomic mass is 19.1. The summed E-state index contributed by atoms with van der Waals surface area (Å²) >= 11 is 0. The Labute approximate surface area is 228 Å². The minimum Gasteiger partial charge on any atom is -0.379 e. The molecule has 208 valence electrons. The molecule has 9 heteroatoms. The zero-order valence-electron chi connectivity index (χ0n) is 22.5.